The Balaban J connectivity index is 1.47. The van der Waals surface area contributed by atoms with E-state index in [0.717, 1.165) is 46.8 Å². The normalized spacial score (nSPS) is 24.0. The Morgan fingerprint density at radius 3 is 2.74 bits per heavy atom. The van der Waals surface area contributed by atoms with Gasteiger partial charge in [0.15, 0.2) is 10.6 Å². The Morgan fingerprint density at radius 1 is 1.11 bits per heavy atom. The fourth-order valence-electron chi connectivity index (χ4n) is 4.42. The van der Waals surface area contributed by atoms with Crippen molar-refractivity contribution in [2.24, 2.45) is 11.8 Å². The fraction of sp³-hybridized carbons (Fsp3) is 0.368. The number of nitrogens with one attached hydrogen (secondary N) is 1. The van der Waals surface area contributed by atoms with Crippen LogP contribution in [-0.2, 0) is 0 Å². The van der Waals surface area contributed by atoms with Crippen molar-refractivity contribution >= 4 is 21.9 Å². The molecule has 8 heteroatoms. The van der Waals surface area contributed by atoms with Crippen molar-refractivity contribution < 1.29 is 0 Å². The van der Waals surface area contributed by atoms with Gasteiger partial charge in [-0.1, -0.05) is 0 Å². The van der Waals surface area contributed by atoms with Crippen LogP contribution in [-0.4, -0.2) is 37.1 Å². The number of aryl methyl sites for hydroxylation is 2. The first-order chi connectivity index (χ1) is 13.1. The molecule has 0 spiro atoms. The molecule has 1 aliphatic carbocycles. The minimum atomic E-state index is -0.0530. The lowest BCUT2D eigenvalue weighted by Gasteiger charge is -2.03. The quantitative estimate of drug-likeness (QED) is 0.577. The summed E-state index contributed by atoms with van der Waals surface area (Å²) < 4.78 is 3.44. The van der Waals surface area contributed by atoms with Crippen LogP contribution in [0.2, 0.25) is 0 Å². The number of piperidine rings is 1. The molecular weight excluding hydrogens is 360 g/mol. The van der Waals surface area contributed by atoms with Crippen LogP contribution >= 0.6 is 11.3 Å². The first kappa shape index (κ1) is 15.5. The third kappa shape index (κ3) is 2.23. The van der Waals surface area contributed by atoms with Gasteiger partial charge in [-0.05, 0) is 50.4 Å². The molecule has 1 N–H and O–H groups in total. The Labute approximate surface area is 158 Å². The average Bonchev–Trinajstić information content (AvgIpc) is 3.07. The van der Waals surface area contributed by atoms with E-state index in [2.05, 4.69) is 15.4 Å². The van der Waals surface area contributed by atoms with Gasteiger partial charge in [0.25, 0.3) is 5.56 Å². The molecule has 0 radical (unpaired) electrons. The maximum atomic E-state index is 12.7. The highest BCUT2D eigenvalue weighted by Gasteiger charge is 2.54. The van der Waals surface area contributed by atoms with E-state index in [1.807, 2.05) is 32.3 Å². The van der Waals surface area contributed by atoms with Crippen molar-refractivity contribution in [2.45, 2.75) is 19.8 Å². The van der Waals surface area contributed by atoms with Crippen molar-refractivity contribution in [2.75, 3.05) is 13.1 Å². The number of hydrogen-bond acceptors (Lipinski definition) is 6. The van der Waals surface area contributed by atoms with Gasteiger partial charge in [0, 0.05) is 23.1 Å². The van der Waals surface area contributed by atoms with Crippen LogP contribution in [0.15, 0.2) is 29.3 Å². The largest absolute Gasteiger partial charge is 0.316 e. The van der Waals surface area contributed by atoms with Crippen LogP contribution < -0.4 is 10.9 Å². The van der Waals surface area contributed by atoms with Crippen LogP contribution in [0.1, 0.15) is 22.1 Å². The molecule has 7 nitrogen and oxygen atoms in total. The van der Waals surface area contributed by atoms with E-state index in [4.69, 9.17) is 4.98 Å². The highest BCUT2D eigenvalue weighted by molar-refractivity contribution is 7.17. The molecule has 2 aliphatic rings. The molecular formula is C19H18N6OS. The molecule has 6 rings (SSSR count). The summed E-state index contributed by atoms with van der Waals surface area (Å²) in [6, 6.07) is 3.53. The molecule has 0 aromatic carbocycles. The van der Waals surface area contributed by atoms with E-state index in [9.17, 15) is 4.79 Å². The van der Waals surface area contributed by atoms with Crippen LogP contribution in [0.3, 0.4) is 0 Å². The van der Waals surface area contributed by atoms with Crippen LogP contribution in [0.4, 0.5) is 0 Å². The highest BCUT2D eigenvalue weighted by atomic mass is 32.1. The number of rotatable bonds is 2. The molecule has 2 unspecified atom stereocenters. The number of aromatic nitrogens is 5. The second-order valence-corrected chi connectivity index (χ2v) is 8.68. The maximum Gasteiger partial charge on any atom is 0.259 e. The van der Waals surface area contributed by atoms with Crippen molar-refractivity contribution in [3.8, 4) is 11.4 Å². The van der Waals surface area contributed by atoms with Gasteiger partial charge in [-0.2, -0.15) is 5.10 Å². The summed E-state index contributed by atoms with van der Waals surface area (Å²) in [4.78, 5) is 24.0. The molecule has 0 bridgehead atoms. The number of hydrogen-bond donors (Lipinski definition) is 1. The topological polar surface area (TPSA) is 76.6 Å². The zero-order chi connectivity index (χ0) is 18.3. The molecule has 5 heterocycles. The molecule has 1 saturated carbocycles. The Hall–Kier alpha value is -2.58. The van der Waals surface area contributed by atoms with E-state index in [0.29, 0.717) is 17.3 Å². The fourth-order valence-corrected chi connectivity index (χ4v) is 5.66. The summed E-state index contributed by atoms with van der Waals surface area (Å²) in [6.45, 7) is 6.12. The van der Waals surface area contributed by atoms with Gasteiger partial charge in [-0.15, -0.1) is 11.3 Å². The maximum absolute atomic E-state index is 12.7. The minimum Gasteiger partial charge on any atom is -0.316 e. The standard InChI is InChI=1S/C19H18N6OS/c1-9-3-14(23-25-7-10(2)21-18(9)25)13-4-16(26)24-8-15(27-19(24)22-13)17-11-5-20-6-12(11)17/h3-4,7-8,11-12,17,20H,5-6H2,1-2H3. The van der Waals surface area contributed by atoms with Gasteiger partial charge in [0.1, 0.15) is 5.69 Å². The van der Waals surface area contributed by atoms with Gasteiger partial charge in [-0.3, -0.25) is 9.20 Å². The minimum absolute atomic E-state index is 0.0530. The van der Waals surface area contributed by atoms with E-state index in [-0.39, 0.29) is 5.56 Å². The lowest BCUT2D eigenvalue weighted by atomic mass is 10.2. The van der Waals surface area contributed by atoms with Gasteiger partial charge >= 0.3 is 0 Å². The molecule has 4 aromatic rings. The third-order valence-electron chi connectivity index (χ3n) is 5.80. The summed E-state index contributed by atoms with van der Waals surface area (Å²) in [5.74, 6) is 2.04. The Bertz CT molecular complexity index is 1270. The Kier molecular flexibility index (Phi) is 3.00. The van der Waals surface area contributed by atoms with Gasteiger partial charge < -0.3 is 5.32 Å². The van der Waals surface area contributed by atoms with E-state index in [1.165, 1.54) is 4.88 Å². The zero-order valence-electron chi connectivity index (χ0n) is 15.0. The average molecular weight is 378 g/mol. The van der Waals surface area contributed by atoms with Gasteiger partial charge in [0.05, 0.1) is 17.6 Å². The second-order valence-electron chi connectivity index (χ2n) is 7.64. The predicted octanol–water partition coefficient (Wildman–Crippen LogP) is 2.02. The van der Waals surface area contributed by atoms with Crippen molar-refractivity contribution in [3.63, 3.8) is 0 Å². The first-order valence-corrected chi connectivity index (χ1v) is 9.98. The molecule has 136 valence electrons. The molecule has 1 aliphatic heterocycles. The van der Waals surface area contributed by atoms with Crippen molar-refractivity contribution in [1.82, 2.24) is 29.3 Å². The zero-order valence-corrected chi connectivity index (χ0v) is 15.8. The van der Waals surface area contributed by atoms with E-state index < -0.39 is 0 Å². The molecule has 2 atom stereocenters. The van der Waals surface area contributed by atoms with Crippen LogP contribution in [0, 0.1) is 25.7 Å². The molecule has 0 amide bonds. The second kappa shape index (κ2) is 5.24. The first-order valence-electron chi connectivity index (χ1n) is 9.16. The van der Waals surface area contributed by atoms with Crippen molar-refractivity contribution in [3.05, 3.63) is 51.0 Å². The number of thiazole rings is 1. The summed E-state index contributed by atoms with van der Waals surface area (Å²) in [6.07, 6.45) is 3.88. The summed E-state index contributed by atoms with van der Waals surface area (Å²) >= 11 is 1.64. The van der Waals surface area contributed by atoms with Crippen molar-refractivity contribution in [1.29, 1.82) is 0 Å². The number of nitrogens with zero attached hydrogens (tertiary/aromatic N) is 5. The lowest BCUT2D eigenvalue weighted by Crippen LogP contribution is -2.14. The Morgan fingerprint density at radius 2 is 1.93 bits per heavy atom. The summed E-state index contributed by atoms with van der Waals surface area (Å²) in [5, 5.41) is 8.04. The molecule has 4 aromatic heterocycles. The van der Waals surface area contributed by atoms with Gasteiger partial charge in [-0.25, -0.2) is 14.5 Å². The third-order valence-corrected chi connectivity index (χ3v) is 6.88. The number of fused-ring (bicyclic) bond motifs is 3. The van der Waals surface area contributed by atoms with Crippen LogP contribution in [0.5, 0.6) is 0 Å². The predicted molar refractivity (Wildman–Crippen MR) is 103 cm³/mol. The lowest BCUT2D eigenvalue weighted by molar-refractivity contribution is 0.688. The summed E-state index contributed by atoms with van der Waals surface area (Å²) in [5.41, 5.74) is 4.02. The molecule has 2 fully saturated rings. The van der Waals surface area contributed by atoms with E-state index >= 15 is 0 Å². The van der Waals surface area contributed by atoms with Gasteiger partial charge in [0.2, 0.25) is 0 Å². The number of imidazole rings is 1. The SMILES string of the molecule is Cc1cn2nc(-c3cc(=O)n4cc(C5C6CNCC65)sc4n3)cc(C)c2n1. The smallest absolute Gasteiger partial charge is 0.259 e. The monoisotopic (exact) mass is 378 g/mol. The summed E-state index contributed by atoms with van der Waals surface area (Å²) in [7, 11) is 0. The highest BCUT2D eigenvalue weighted by Crippen LogP contribution is 2.57. The molecule has 1 saturated heterocycles. The van der Waals surface area contributed by atoms with Crippen LogP contribution in [0.25, 0.3) is 22.0 Å². The van der Waals surface area contributed by atoms with E-state index in [1.54, 1.807) is 26.3 Å². The molecule has 27 heavy (non-hydrogen) atoms.